The summed E-state index contributed by atoms with van der Waals surface area (Å²) in [6, 6.07) is 17.9. The van der Waals surface area contributed by atoms with Crippen LogP contribution in [0, 0.1) is 0 Å². The predicted octanol–water partition coefficient (Wildman–Crippen LogP) is 5.94. The third-order valence-electron chi connectivity index (χ3n) is 4.97. The van der Waals surface area contributed by atoms with Crippen molar-refractivity contribution < 1.29 is 9.53 Å². The zero-order valence-corrected chi connectivity index (χ0v) is 19.8. The fourth-order valence-corrected chi connectivity index (χ4v) is 4.72. The van der Waals surface area contributed by atoms with Crippen LogP contribution in [0.15, 0.2) is 65.7 Å². The number of amides is 1. The van der Waals surface area contributed by atoms with E-state index in [2.05, 4.69) is 6.92 Å². The molecule has 0 aliphatic carbocycles. The number of carbonyl (C=O) groups is 1. The molecule has 0 spiro atoms. The number of carbonyl (C=O) groups excluding carboxylic acids is 1. The monoisotopic (exact) mass is 463 g/mol. The molecule has 1 aliphatic heterocycles. The molecule has 0 bridgehead atoms. The highest BCUT2D eigenvalue weighted by Crippen LogP contribution is 2.35. The molecule has 0 saturated carbocycles. The summed E-state index contributed by atoms with van der Waals surface area (Å²) in [5, 5.41) is 4.85. The van der Waals surface area contributed by atoms with Gasteiger partial charge in [0.05, 0.1) is 22.9 Å². The first-order chi connectivity index (χ1) is 15.6. The molecule has 0 radical (unpaired) electrons. The van der Waals surface area contributed by atoms with E-state index in [1.165, 1.54) is 11.8 Å². The van der Waals surface area contributed by atoms with Crippen LogP contribution >= 0.6 is 24.0 Å². The minimum absolute atomic E-state index is 0.0384. The zero-order valence-electron chi connectivity index (χ0n) is 18.2. The van der Waals surface area contributed by atoms with Crippen LogP contribution in [0.5, 0.6) is 5.75 Å². The van der Waals surface area contributed by atoms with Crippen molar-refractivity contribution in [1.29, 1.82) is 0 Å². The van der Waals surface area contributed by atoms with E-state index >= 15 is 0 Å². The first-order valence-corrected chi connectivity index (χ1v) is 12.0. The lowest BCUT2D eigenvalue weighted by Gasteiger charge is -2.11. The largest absolute Gasteiger partial charge is 0.494 e. The summed E-state index contributed by atoms with van der Waals surface area (Å²) in [5.74, 6) is 0.795. The van der Waals surface area contributed by atoms with E-state index in [1.807, 2.05) is 78.5 Å². The lowest BCUT2D eigenvalue weighted by atomic mass is 10.1. The average Bonchev–Trinajstić information content (AvgIpc) is 3.35. The average molecular weight is 464 g/mol. The summed E-state index contributed by atoms with van der Waals surface area (Å²) in [7, 11) is 0. The molecule has 0 atom stereocenters. The lowest BCUT2D eigenvalue weighted by molar-refractivity contribution is -0.122. The number of aromatic nitrogens is 2. The molecule has 1 saturated heterocycles. The minimum Gasteiger partial charge on any atom is -0.494 e. The van der Waals surface area contributed by atoms with Gasteiger partial charge < -0.3 is 4.74 Å². The van der Waals surface area contributed by atoms with E-state index in [0.717, 1.165) is 41.1 Å². The Morgan fingerprint density at radius 1 is 1.06 bits per heavy atom. The summed E-state index contributed by atoms with van der Waals surface area (Å²) in [6.07, 6.45) is 5.68. The number of para-hydroxylation sites is 1. The Hall–Kier alpha value is -2.90. The summed E-state index contributed by atoms with van der Waals surface area (Å²) in [4.78, 5) is 15.2. The summed E-state index contributed by atoms with van der Waals surface area (Å²) >= 11 is 6.77. The van der Waals surface area contributed by atoms with Crippen LogP contribution in [0.4, 0.5) is 0 Å². The van der Waals surface area contributed by atoms with Crippen molar-refractivity contribution in [3.63, 3.8) is 0 Å². The van der Waals surface area contributed by atoms with E-state index in [-0.39, 0.29) is 5.91 Å². The third kappa shape index (κ3) is 4.79. The Kier molecular flexibility index (Phi) is 7.07. The number of rotatable bonds is 8. The van der Waals surface area contributed by atoms with Crippen LogP contribution in [0.1, 0.15) is 32.3 Å². The molecule has 1 fully saturated rings. The number of thioether (sulfide) groups is 1. The molecule has 1 aliphatic rings. The maximum absolute atomic E-state index is 12.9. The number of hydrogen-bond acceptors (Lipinski definition) is 5. The van der Waals surface area contributed by atoms with Gasteiger partial charge in [0.15, 0.2) is 0 Å². The van der Waals surface area contributed by atoms with Crippen molar-refractivity contribution in [2.24, 2.45) is 0 Å². The summed E-state index contributed by atoms with van der Waals surface area (Å²) < 4.78 is 8.17. The molecule has 32 heavy (non-hydrogen) atoms. The molecule has 3 aromatic rings. The van der Waals surface area contributed by atoms with Crippen LogP contribution in [0.25, 0.3) is 23.0 Å². The molecule has 7 heteroatoms. The van der Waals surface area contributed by atoms with E-state index in [1.54, 1.807) is 4.90 Å². The van der Waals surface area contributed by atoms with E-state index in [0.29, 0.717) is 22.4 Å². The Bertz CT molecular complexity index is 1140. The van der Waals surface area contributed by atoms with Gasteiger partial charge in [0.2, 0.25) is 0 Å². The fourth-order valence-electron chi connectivity index (χ4n) is 3.42. The number of thiocarbonyl (C=S) groups is 1. The van der Waals surface area contributed by atoms with Crippen molar-refractivity contribution in [3.05, 3.63) is 71.3 Å². The van der Waals surface area contributed by atoms with Gasteiger partial charge in [-0.3, -0.25) is 9.69 Å². The second-order valence-electron chi connectivity index (χ2n) is 7.42. The fraction of sp³-hybridized carbons (Fsp3) is 0.240. The highest BCUT2D eigenvalue weighted by atomic mass is 32.2. The van der Waals surface area contributed by atoms with Crippen LogP contribution in [-0.2, 0) is 4.79 Å². The van der Waals surface area contributed by atoms with Gasteiger partial charge in [-0.2, -0.15) is 5.10 Å². The highest BCUT2D eigenvalue weighted by Gasteiger charge is 2.31. The maximum atomic E-state index is 12.9. The molecule has 2 heterocycles. The quantitative estimate of drug-likeness (QED) is 0.306. The molecule has 164 valence electrons. The molecular formula is C25H25N3O2S2. The molecule has 1 aromatic heterocycles. The number of ether oxygens (including phenoxy) is 1. The lowest BCUT2D eigenvalue weighted by Crippen LogP contribution is -2.28. The van der Waals surface area contributed by atoms with Crippen molar-refractivity contribution in [1.82, 2.24) is 14.7 Å². The normalized spacial score (nSPS) is 15.1. The van der Waals surface area contributed by atoms with Crippen molar-refractivity contribution in [2.45, 2.75) is 26.7 Å². The molecule has 1 amide bonds. The maximum Gasteiger partial charge on any atom is 0.266 e. The topological polar surface area (TPSA) is 47.4 Å². The van der Waals surface area contributed by atoms with Gasteiger partial charge in [0, 0.05) is 23.9 Å². The van der Waals surface area contributed by atoms with E-state index in [9.17, 15) is 4.79 Å². The Balaban J connectivity index is 1.73. The van der Waals surface area contributed by atoms with Gasteiger partial charge in [0.25, 0.3) is 5.91 Å². The number of hydrogen-bond donors (Lipinski definition) is 0. The molecule has 0 N–H and O–H groups in total. The van der Waals surface area contributed by atoms with Crippen LogP contribution in [0.3, 0.4) is 0 Å². The van der Waals surface area contributed by atoms with Crippen LogP contribution < -0.4 is 4.74 Å². The van der Waals surface area contributed by atoms with E-state index < -0.39 is 0 Å². The van der Waals surface area contributed by atoms with Gasteiger partial charge >= 0.3 is 0 Å². The van der Waals surface area contributed by atoms with Gasteiger partial charge in [-0.15, -0.1) is 0 Å². The molecule has 0 unspecified atom stereocenters. The standard InChI is InChI=1S/C25H25N3O2S2/c1-3-14-27-24(29)22(32-25(27)31)16-19-17-28(20-8-6-5-7-9-20)26-23(19)18-10-12-21(13-11-18)30-15-4-2/h5-13,16-17H,3-4,14-15H2,1-2H3. The Labute approximate surface area is 198 Å². The zero-order chi connectivity index (χ0) is 22.5. The third-order valence-corrected chi connectivity index (χ3v) is 6.35. The summed E-state index contributed by atoms with van der Waals surface area (Å²) in [6.45, 7) is 5.45. The van der Waals surface area contributed by atoms with Crippen molar-refractivity contribution in [3.8, 4) is 22.7 Å². The summed E-state index contributed by atoms with van der Waals surface area (Å²) in [5.41, 5.74) is 3.58. The van der Waals surface area contributed by atoms with Gasteiger partial charge in [0.1, 0.15) is 10.1 Å². The first-order valence-electron chi connectivity index (χ1n) is 10.7. The minimum atomic E-state index is -0.0384. The first kappa shape index (κ1) is 22.3. The van der Waals surface area contributed by atoms with Gasteiger partial charge in [-0.25, -0.2) is 4.68 Å². The van der Waals surface area contributed by atoms with Crippen LogP contribution in [-0.4, -0.2) is 38.1 Å². The van der Waals surface area contributed by atoms with E-state index in [4.69, 9.17) is 22.1 Å². The highest BCUT2D eigenvalue weighted by molar-refractivity contribution is 8.26. The Morgan fingerprint density at radius 2 is 1.81 bits per heavy atom. The smallest absolute Gasteiger partial charge is 0.266 e. The van der Waals surface area contributed by atoms with Crippen LogP contribution in [0.2, 0.25) is 0 Å². The molecule has 2 aromatic carbocycles. The molecule has 5 nitrogen and oxygen atoms in total. The number of nitrogens with zero attached hydrogens (tertiary/aromatic N) is 3. The second-order valence-corrected chi connectivity index (χ2v) is 9.10. The molecule has 4 rings (SSSR count). The second kappa shape index (κ2) is 10.1. The molecular weight excluding hydrogens is 438 g/mol. The van der Waals surface area contributed by atoms with Gasteiger partial charge in [-0.05, 0) is 55.3 Å². The number of benzene rings is 2. The predicted molar refractivity (Wildman–Crippen MR) is 135 cm³/mol. The van der Waals surface area contributed by atoms with Crippen molar-refractivity contribution in [2.75, 3.05) is 13.2 Å². The SMILES string of the molecule is CCCOc1ccc(-c2nn(-c3ccccc3)cc2C=C2SC(=S)N(CCC)C2=O)cc1. The van der Waals surface area contributed by atoms with Crippen molar-refractivity contribution >= 4 is 40.3 Å². The Morgan fingerprint density at radius 3 is 2.50 bits per heavy atom. The van der Waals surface area contributed by atoms with Gasteiger partial charge in [-0.1, -0.05) is 56.0 Å².